The molecule has 4 N–H and O–H groups in total. The molecule has 0 aliphatic carbocycles. The van der Waals surface area contributed by atoms with Gasteiger partial charge in [-0.05, 0) is 0 Å². The van der Waals surface area contributed by atoms with Gasteiger partial charge in [0.15, 0.2) is 0 Å². The second-order valence-electron chi connectivity index (χ2n) is 2.94. The van der Waals surface area contributed by atoms with Crippen molar-refractivity contribution in [2.24, 2.45) is 11.7 Å². The van der Waals surface area contributed by atoms with Gasteiger partial charge in [0.1, 0.15) is 0 Å². The molecule has 0 radical (unpaired) electrons. The molecule has 0 aromatic carbocycles. The highest BCUT2D eigenvalue weighted by atomic mass is 16.5. The normalized spacial score (nSPS) is 26.8. The zero-order valence-corrected chi connectivity index (χ0v) is 7.60. The van der Waals surface area contributed by atoms with Crippen LogP contribution in [0, 0.1) is 5.92 Å². The Morgan fingerprint density at radius 2 is 2.08 bits per heavy atom. The molecule has 0 spiro atoms. The summed E-state index contributed by atoms with van der Waals surface area (Å²) in [4.78, 5) is 19.7. The Balaban J connectivity index is 0.000000310. The molecule has 0 aromatic rings. The number of aliphatic carboxylic acids is 1. The highest BCUT2D eigenvalue weighted by Crippen LogP contribution is 2.12. The number of hydrogen-bond acceptors (Lipinski definition) is 4. The first-order valence-corrected chi connectivity index (χ1v) is 3.81. The minimum Gasteiger partial charge on any atom is -0.481 e. The lowest BCUT2D eigenvalue weighted by molar-refractivity contribution is -0.158. The molecular formula is C7H14N2O4. The van der Waals surface area contributed by atoms with Crippen molar-refractivity contribution >= 4 is 11.9 Å². The second-order valence-corrected chi connectivity index (χ2v) is 2.94. The van der Waals surface area contributed by atoms with Crippen LogP contribution < -0.4 is 5.73 Å². The van der Waals surface area contributed by atoms with E-state index in [0.29, 0.717) is 11.6 Å². The molecule has 13 heavy (non-hydrogen) atoms. The molecule has 1 aliphatic rings. The van der Waals surface area contributed by atoms with Crippen molar-refractivity contribution in [3.8, 4) is 0 Å². The molecule has 1 amide bonds. The zero-order chi connectivity index (χ0) is 10.6. The topological polar surface area (TPSA) is 104 Å². The number of hydrogen-bond donors (Lipinski definition) is 3. The average molecular weight is 190 g/mol. The quantitative estimate of drug-likeness (QED) is 0.437. The predicted octanol–water partition coefficient (Wildman–Crippen LogP) is -0.728. The van der Waals surface area contributed by atoms with Crippen molar-refractivity contribution in [3.05, 3.63) is 0 Å². The van der Waals surface area contributed by atoms with Crippen LogP contribution in [0.25, 0.3) is 0 Å². The van der Waals surface area contributed by atoms with Gasteiger partial charge in [-0.15, -0.1) is 0 Å². The third kappa shape index (κ3) is 3.86. The van der Waals surface area contributed by atoms with E-state index in [1.165, 1.54) is 0 Å². The fourth-order valence-corrected chi connectivity index (χ4v) is 0.892. The highest BCUT2D eigenvalue weighted by Gasteiger charge is 2.33. The minimum absolute atomic E-state index is 0.0718. The van der Waals surface area contributed by atoms with E-state index in [1.54, 1.807) is 0 Å². The van der Waals surface area contributed by atoms with Crippen molar-refractivity contribution in [2.75, 3.05) is 6.54 Å². The van der Waals surface area contributed by atoms with Crippen LogP contribution in [0.3, 0.4) is 0 Å². The van der Waals surface area contributed by atoms with Crippen molar-refractivity contribution in [2.45, 2.75) is 19.9 Å². The van der Waals surface area contributed by atoms with Gasteiger partial charge in [0.2, 0.25) is 0 Å². The SMILES string of the molecule is CC(=O)O.C[C@@H]1CN(O)C(=O)[C@@H]1N. The molecule has 1 heterocycles. The summed E-state index contributed by atoms with van der Waals surface area (Å²) in [5, 5.41) is 16.8. The standard InChI is InChI=1S/C5H10N2O2.C2H4O2/c1-3-2-7(9)5(8)4(3)6;1-2(3)4/h3-4,9H,2,6H2,1H3;1H3,(H,3,4)/t3-,4-;/m1./s1. The van der Waals surface area contributed by atoms with Gasteiger partial charge in [-0.3, -0.25) is 14.8 Å². The summed E-state index contributed by atoms with van der Waals surface area (Å²) in [6.07, 6.45) is 0. The smallest absolute Gasteiger partial charge is 0.300 e. The van der Waals surface area contributed by atoms with E-state index >= 15 is 0 Å². The number of carbonyl (C=O) groups excluding carboxylic acids is 1. The number of carbonyl (C=O) groups is 2. The summed E-state index contributed by atoms with van der Waals surface area (Å²) in [5.74, 6) is -1.13. The van der Waals surface area contributed by atoms with Gasteiger partial charge >= 0.3 is 0 Å². The Labute approximate surface area is 75.9 Å². The lowest BCUT2D eigenvalue weighted by Gasteiger charge is -2.02. The predicted molar refractivity (Wildman–Crippen MR) is 43.9 cm³/mol. The summed E-state index contributed by atoms with van der Waals surface area (Å²) in [6.45, 7) is 3.28. The number of nitrogens with zero attached hydrogens (tertiary/aromatic N) is 1. The zero-order valence-electron chi connectivity index (χ0n) is 7.60. The van der Waals surface area contributed by atoms with Gasteiger partial charge in [0.25, 0.3) is 11.9 Å². The van der Waals surface area contributed by atoms with Crippen molar-refractivity contribution in [1.82, 2.24) is 5.06 Å². The third-order valence-electron chi connectivity index (χ3n) is 1.61. The van der Waals surface area contributed by atoms with Gasteiger partial charge in [-0.2, -0.15) is 0 Å². The molecule has 2 atom stereocenters. The van der Waals surface area contributed by atoms with Gasteiger partial charge < -0.3 is 10.8 Å². The first-order valence-electron chi connectivity index (χ1n) is 3.81. The number of rotatable bonds is 0. The van der Waals surface area contributed by atoms with Crippen LogP contribution in [0.5, 0.6) is 0 Å². The number of amides is 1. The number of nitrogens with two attached hydrogens (primary N) is 1. The molecule has 1 fully saturated rings. The Morgan fingerprint density at radius 1 is 1.69 bits per heavy atom. The molecule has 6 nitrogen and oxygen atoms in total. The van der Waals surface area contributed by atoms with Gasteiger partial charge in [-0.25, -0.2) is 5.06 Å². The first-order chi connectivity index (χ1) is 5.86. The first kappa shape index (κ1) is 11.9. The van der Waals surface area contributed by atoms with Crippen LogP contribution in [0.15, 0.2) is 0 Å². The maximum absolute atomic E-state index is 10.7. The molecule has 0 unspecified atom stereocenters. The fraction of sp³-hybridized carbons (Fsp3) is 0.714. The van der Waals surface area contributed by atoms with Gasteiger partial charge in [0, 0.05) is 12.8 Å². The molecule has 0 saturated carbocycles. The Kier molecular flexibility index (Phi) is 4.36. The van der Waals surface area contributed by atoms with Crippen molar-refractivity contribution in [3.63, 3.8) is 0 Å². The summed E-state index contributed by atoms with van der Waals surface area (Å²) in [7, 11) is 0. The van der Waals surface area contributed by atoms with Crippen LogP contribution in [-0.2, 0) is 9.59 Å². The maximum Gasteiger partial charge on any atom is 0.300 e. The van der Waals surface area contributed by atoms with E-state index in [4.69, 9.17) is 20.8 Å². The molecule has 76 valence electrons. The van der Waals surface area contributed by atoms with Crippen LogP contribution in [0.2, 0.25) is 0 Å². The molecule has 1 aliphatic heterocycles. The lowest BCUT2D eigenvalue weighted by Crippen LogP contribution is -2.33. The minimum atomic E-state index is -0.833. The Hall–Kier alpha value is -1.14. The molecule has 1 saturated heterocycles. The second kappa shape index (κ2) is 4.78. The molecular weight excluding hydrogens is 176 g/mol. The van der Waals surface area contributed by atoms with Crippen molar-refractivity contribution < 1.29 is 19.9 Å². The van der Waals surface area contributed by atoms with Crippen LogP contribution in [-0.4, -0.2) is 39.8 Å². The highest BCUT2D eigenvalue weighted by molar-refractivity contribution is 5.82. The van der Waals surface area contributed by atoms with Crippen LogP contribution in [0.4, 0.5) is 0 Å². The summed E-state index contributed by atoms with van der Waals surface area (Å²) < 4.78 is 0. The van der Waals surface area contributed by atoms with E-state index in [0.717, 1.165) is 6.92 Å². The lowest BCUT2D eigenvalue weighted by atomic mass is 10.1. The monoisotopic (exact) mass is 190 g/mol. The van der Waals surface area contributed by atoms with Gasteiger partial charge in [-0.1, -0.05) is 6.92 Å². The largest absolute Gasteiger partial charge is 0.481 e. The number of carboxylic acids is 1. The molecule has 1 rings (SSSR count). The van der Waals surface area contributed by atoms with E-state index in [1.807, 2.05) is 6.92 Å². The number of hydroxylamine groups is 2. The summed E-state index contributed by atoms with van der Waals surface area (Å²) in [6, 6.07) is -0.505. The maximum atomic E-state index is 10.7. The number of carboxylic acid groups (broad SMARTS) is 1. The summed E-state index contributed by atoms with van der Waals surface area (Å²) >= 11 is 0. The fourth-order valence-electron chi connectivity index (χ4n) is 0.892. The molecule has 0 bridgehead atoms. The van der Waals surface area contributed by atoms with E-state index in [2.05, 4.69) is 0 Å². The van der Waals surface area contributed by atoms with Crippen molar-refractivity contribution in [1.29, 1.82) is 0 Å². The van der Waals surface area contributed by atoms with Crippen LogP contribution >= 0.6 is 0 Å². The van der Waals surface area contributed by atoms with E-state index < -0.39 is 12.0 Å². The van der Waals surface area contributed by atoms with E-state index in [9.17, 15) is 4.79 Å². The Bertz CT molecular complexity index is 203. The average Bonchev–Trinajstić information content (AvgIpc) is 2.17. The van der Waals surface area contributed by atoms with E-state index in [-0.39, 0.29) is 11.8 Å². The van der Waals surface area contributed by atoms with Crippen LogP contribution in [0.1, 0.15) is 13.8 Å². The third-order valence-corrected chi connectivity index (χ3v) is 1.61. The molecule has 6 heteroatoms. The summed E-state index contributed by atoms with van der Waals surface area (Å²) in [5.41, 5.74) is 5.36. The molecule has 0 aromatic heterocycles. The Morgan fingerprint density at radius 3 is 2.15 bits per heavy atom. The van der Waals surface area contributed by atoms with Gasteiger partial charge in [0.05, 0.1) is 12.6 Å².